The second kappa shape index (κ2) is 5.46. The predicted molar refractivity (Wildman–Crippen MR) is 68.5 cm³/mol. The van der Waals surface area contributed by atoms with Gasteiger partial charge in [-0.3, -0.25) is 0 Å². The molecule has 2 atom stereocenters. The predicted octanol–water partition coefficient (Wildman–Crippen LogP) is 2.29. The van der Waals surface area contributed by atoms with Gasteiger partial charge >= 0.3 is 0 Å². The number of nitrogens with zero attached hydrogens (tertiary/aromatic N) is 1. The first-order valence-corrected chi connectivity index (χ1v) is 6.24. The van der Waals surface area contributed by atoms with E-state index in [2.05, 4.69) is 54.5 Å². The van der Waals surface area contributed by atoms with E-state index in [1.165, 1.54) is 25.1 Å². The van der Waals surface area contributed by atoms with Crippen LogP contribution in [0.3, 0.4) is 0 Å². The topological polar surface area (TPSA) is 15.3 Å². The van der Waals surface area contributed by atoms with E-state index in [0.29, 0.717) is 6.04 Å². The van der Waals surface area contributed by atoms with E-state index in [4.69, 9.17) is 0 Å². The third-order valence-electron chi connectivity index (χ3n) is 3.50. The van der Waals surface area contributed by atoms with Crippen molar-refractivity contribution in [2.75, 3.05) is 26.7 Å². The second-order valence-corrected chi connectivity index (χ2v) is 4.91. The molecule has 0 aliphatic carbocycles. The number of likely N-dealkylation sites (N-methyl/N-ethyl adjacent to an activating group) is 1. The lowest BCUT2D eigenvalue weighted by atomic mass is 10.1. The minimum atomic E-state index is 0.464. The fourth-order valence-corrected chi connectivity index (χ4v) is 2.50. The van der Waals surface area contributed by atoms with Crippen LogP contribution < -0.4 is 5.32 Å². The number of likely N-dealkylation sites (tertiary alicyclic amines) is 1. The summed E-state index contributed by atoms with van der Waals surface area (Å²) in [5.41, 5.74) is 1.39. The van der Waals surface area contributed by atoms with Gasteiger partial charge in [0.15, 0.2) is 0 Å². The molecule has 2 heteroatoms. The van der Waals surface area contributed by atoms with E-state index in [-0.39, 0.29) is 0 Å². The summed E-state index contributed by atoms with van der Waals surface area (Å²) < 4.78 is 0. The molecule has 1 heterocycles. The van der Waals surface area contributed by atoms with E-state index < -0.39 is 0 Å². The van der Waals surface area contributed by atoms with Crippen LogP contribution in [0.2, 0.25) is 0 Å². The smallest absolute Gasteiger partial charge is 0.0446 e. The Balaban J connectivity index is 1.96. The van der Waals surface area contributed by atoms with Gasteiger partial charge in [-0.1, -0.05) is 37.3 Å². The van der Waals surface area contributed by atoms with Crippen molar-refractivity contribution >= 4 is 0 Å². The summed E-state index contributed by atoms with van der Waals surface area (Å²) >= 11 is 0. The Hall–Kier alpha value is -0.860. The number of nitrogens with one attached hydrogen (secondary N) is 1. The normalized spacial score (nSPS) is 23.5. The molecule has 1 aromatic carbocycles. The monoisotopic (exact) mass is 218 g/mol. The third kappa shape index (κ3) is 2.83. The van der Waals surface area contributed by atoms with Gasteiger partial charge in [-0.2, -0.15) is 0 Å². The summed E-state index contributed by atoms with van der Waals surface area (Å²) in [5.74, 6) is 0.869. The van der Waals surface area contributed by atoms with Crippen LogP contribution in [0, 0.1) is 5.92 Å². The Kier molecular flexibility index (Phi) is 3.97. The average Bonchev–Trinajstić information content (AvgIpc) is 2.73. The molecule has 2 rings (SSSR count). The van der Waals surface area contributed by atoms with Gasteiger partial charge in [0.05, 0.1) is 0 Å². The van der Waals surface area contributed by atoms with Crippen molar-refractivity contribution in [3.63, 3.8) is 0 Å². The van der Waals surface area contributed by atoms with Crippen molar-refractivity contribution in [2.24, 2.45) is 5.92 Å². The van der Waals surface area contributed by atoms with E-state index in [0.717, 1.165) is 12.5 Å². The van der Waals surface area contributed by atoms with Gasteiger partial charge in [0.25, 0.3) is 0 Å². The minimum Gasteiger partial charge on any atom is -0.312 e. The van der Waals surface area contributed by atoms with Crippen LogP contribution in [0.5, 0.6) is 0 Å². The van der Waals surface area contributed by atoms with Gasteiger partial charge in [-0.05, 0) is 31.5 Å². The molecule has 1 aromatic rings. The van der Waals surface area contributed by atoms with Crippen molar-refractivity contribution in [2.45, 2.75) is 19.4 Å². The van der Waals surface area contributed by atoms with Crippen LogP contribution in [0.1, 0.15) is 24.9 Å². The van der Waals surface area contributed by atoms with E-state index in [1.807, 2.05) is 0 Å². The highest BCUT2D eigenvalue weighted by atomic mass is 15.2. The highest BCUT2D eigenvalue weighted by Gasteiger charge is 2.21. The van der Waals surface area contributed by atoms with E-state index in [1.54, 1.807) is 0 Å². The van der Waals surface area contributed by atoms with Crippen LogP contribution in [-0.4, -0.2) is 31.6 Å². The largest absolute Gasteiger partial charge is 0.312 e. The maximum Gasteiger partial charge on any atom is 0.0446 e. The number of rotatable bonds is 4. The third-order valence-corrected chi connectivity index (χ3v) is 3.50. The van der Waals surface area contributed by atoms with Gasteiger partial charge in [0, 0.05) is 19.1 Å². The average molecular weight is 218 g/mol. The SMILES string of the molecule is CN[C@H](CN1CC[C@H](C)C1)c1ccccc1. The Morgan fingerprint density at radius 2 is 2.12 bits per heavy atom. The highest BCUT2D eigenvalue weighted by molar-refractivity contribution is 5.19. The summed E-state index contributed by atoms with van der Waals surface area (Å²) in [6.45, 7) is 5.99. The number of benzene rings is 1. The Morgan fingerprint density at radius 3 is 2.69 bits per heavy atom. The maximum absolute atomic E-state index is 3.42. The molecule has 0 spiro atoms. The molecule has 0 amide bonds. The van der Waals surface area contributed by atoms with E-state index in [9.17, 15) is 0 Å². The lowest BCUT2D eigenvalue weighted by Crippen LogP contribution is -2.32. The van der Waals surface area contributed by atoms with Gasteiger partial charge < -0.3 is 10.2 Å². The summed E-state index contributed by atoms with van der Waals surface area (Å²) in [6, 6.07) is 11.2. The zero-order chi connectivity index (χ0) is 11.4. The van der Waals surface area contributed by atoms with Crippen molar-refractivity contribution in [1.29, 1.82) is 0 Å². The molecule has 0 aromatic heterocycles. The van der Waals surface area contributed by atoms with Crippen LogP contribution in [0.25, 0.3) is 0 Å². The van der Waals surface area contributed by atoms with Crippen LogP contribution in [0.15, 0.2) is 30.3 Å². The Morgan fingerprint density at radius 1 is 1.38 bits per heavy atom. The molecule has 88 valence electrons. The summed E-state index contributed by atoms with van der Waals surface area (Å²) in [4.78, 5) is 2.57. The van der Waals surface area contributed by atoms with Gasteiger partial charge in [0.1, 0.15) is 0 Å². The van der Waals surface area contributed by atoms with Crippen molar-refractivity contribution in [3.05, 3.63) is 35.9 Å². The quantitative estimate of drug-likeness (QED) is 0.834. The molecule has 1 saturated heterocycles. The number of hydrogen-bond donors (Lipinski definition) is 1. The molecule has 0 radical (unpaired) electrons. The molecule has 16 heavy (non-hydrogen) atoms. The molecule has 2 nitrogen and oxygen atoms in total. The molecule has 0 bridgehead atoms. The van der Waals surface area contributed by atoms with Crippen LogP contribution >= 0.6 is 0 Å². The fourth-order valence-electron chi connectivity index (χ4n) is 2.50. The second-order valence-electron chi connectivity index (χ2n) is 4.91. The Labute approximate surface area is 98.7 Å². The fraction of sp³-hybridized carbons (Fsp3) is 0.571. The molecule has 1 aliphatic rings. The van der Waals surface area contributed by atoms with Crippen molar-refractivity contribution < 1.29 is 0 Å². The van der Waals surface area contributed by atoms with Gasteiger partial charge in [-0.15, -0.1) is 0 Å². The first kappa shape index (κ1) is 11.6. The van der Waals surface area contributed by atoms with E-state index >= 15 is 0 Å². The minimum absolute atomic E-state index is 0.464. The number of hydrogen-bond acceptors (Lipinski definition) is 2. The van der Waals surface area contributed by atoms with Gasteiger partial charge in [-0.25, -0.2) is 0 Å². The molecule has 1 N–H and O–H groups in total. The lowest BCUT2D eigenvalue weighted by Gasteiger charge is -2.23. The van der Waals surface area contributed by atoms with Crippen molar-refractivity contribution in [3.8, 4) is 0 Å². The molecule has 0 saturated carbocycles. The zero-order valence-corrected chi connectivity index (χ0v) is 10.3. The standard InChI is InChI=1S/C14H22N2/c1-12-8-9-16(10-12)11-14(15-2)13-6-4-3-5-7-13/h3-7,12,14-15H,8-11H2,1-2H3/t12-,14+/m0/s1. The van der Waals surface area contributed by atoms with Crippen LogP contribution in [0.4, 0.5) is 0 Å². The first-order valence-electron chi connectivity index (χ1n) is 6.24. The molecule has 1 fully saturated rings. The Bertz CT molecular complexity index is 310. The molecular weight excluding hydrogens is 196 g/mol. The van der Waals surface area contributed by atoms with Crippen LogP contribution in [-0.2, 0) is 0 Å². The van der Waals surface area contributed by atoms with Gasteiger partial charge in [0.2, 0.25) is 0 Å². The lowest BCUT2D eigenvalue weighted by molar-refractivity contribution is 0.291. The molecular formula is C14H22N2. The summed E-state index contributed by atoms with van der Waals surface area (Å²) in [7, 11) is 2.05. The highest BCUT2D eigenvalue weighted by Crippen LogP contribution is 2.19. The first-order chi connectivity index (χ1) is 7.79. The maximum atomic E-state index is 3.42. The summed E-state index contributed by atoms with van der Waals surface area (Å²) in [6.07, 6.45) is 1.35. The van der Waals surface area contributed by atoms with Crippen molar-refractivity contribution in [1.82, 2.24) is 10.2 Å². The molecule has 0 unspecified atom stereocenters. The zero-order valence-electron chi connectivity index (χ0n) is 10.3. The summed E-state index contributed by atoms with van der Waals surface area (Å²) in [5, 5.41) is 3.42. The molecule has 1 aliphatic heterocycles.